The first-order valence-corrected chi connectivity index (χ1v) is 4.95. The molecule has 0 aliphatic carbocycles. The Morgan fingerprint density at radius 1 is 1.62 bits per heavy atom. The van der Waals surface area contributed by atoms with Gasteiger partial charge in [0.25, 0.3) is 0 Å². The number of aliphatic hydroxyl groups excluding tert-OH is 1. The number of hydrogen-bond acceptors (Lipinski definition) is 2. The summed E-state index contributed by atoms with van der Waals surface area (Å²) < 4.78 is 5.47. The van der Waals surface area contributed by atoms with Gasteiger partial charge in [0.1, 0.15) is 6.10 Å². The van der Waals surface area contributed by atoms with E-state index in [1.165, 1.54) is 5.57 Å². The van der Waals surface area contributed by atoms with Crippen LogP contribution in [-0.2, 0) is 4.74 Å². The zero-order chi connectivity index (χ0) is 10.1. The summed E-state index contributed by atoms with van der Waals surface area (Å²) in [4.78, 5) is 0. The molecule has 1 rings (SSSR count). The van der Waals surface area contributed by atoms with Crippen LogP contribution < -0.4 is 0 Å². The van der Waals surface area contributed by atoms with Crippen molar-refractivity contribution in [3.8, 4) is 0 Å². The van der Waals surface area contributed by atoms with Crippen LogP contribution in [0.5, 0.6) is 0 Å². The van der Waals surface area contributed by atoms with Crippen LogP contribution in [0.3, 0.4) is 0 Å². The van der Waals surface area contributed by atoms with Gasteiger partial charge in [0.05, 0.1) is 11.7 Å². The van der Waals surface area contributed by atoms with Crippen molar-refractivity contribution in [3.05, 3.63) is 11.6 Å². The molecule has 0 radical (unpaired) electrons. The highest BCUT2D eigenvalue weighted by Crippen LogP contribution is 2.42. The van der Waals surface area contributed by atoms with Crippen molar-refractivity contribution in [2.45, 2.75) is 58.3 Å². The molecule has 76 valence electrons. The van der Waals surface area contributed by atoms with Gasteiger partial charge < -0.3 is 9.84 Å². The molecular weight excluding hydrogens is 164 g/mol. The van der Waals surface area contributed by atoms with E-state index in [0.29, 0.717) is 0 Å². The molecule has 0 amide bonds. The molecule has 0 saturated carbocycles. The highest BCUT2D eigenvalue weighted by molar-refractivity contribution is 5.04. The van der Waals surface area contributed by atoms with Crippen LogP contribution in [0.25, 0.3) is 0 Å². The lowest BCUT2D eigenvalue weighted by atomic mass is 9.98. The van der Waals surface area contributed by atoms with Gasteiger partial charge in [-0.2, -0.15) is 0 Å². The van der Waals surface area contributed by atoms with Crippen molar-refractivity contribution < 1.29 is 9.84 Å². The molecule has 2 nitrogen and oxygen atoms in total. The summed E-state index contributed by atoms with van der Waals surface area (Å²) in [5.41, 5.74) is 1.28. The van der Waals surface area contributed by atoms with Gasteiger partial charge in [-0.1, -0.05) is 11.6 Å². The van der Waals surface area contributed by atoms with E-state index >= 15 is 0 Å². The first-order valence-electron chi connectivity index (χ1n) is 4.95. The summed E-state index contributed by atoms with van der Waals surface area (Å²) in [6.07, 6.45) is 3.98. The molecule has 2 heteroatoms. The fraction of sp³-hybridized carbons (Fsp3) is 0.818. The average Bonchev–Trinajstić information content (AvgIpc) is 2.62. The van der Waals surface area contributed by atoms with Gasteiger partial charge in [-0.3, -0.25) is 0 Å². The second-order valence-corrected chi connectivity index (χ2v) is 4.41. The molecular formula is C11H20O2. The highest BCUT2D eigenvalue weighted by atomic mass is 16.6. The first kappa shape index (κ1) is 10.7. The first-order chi connectivity index (χ1) is 5.96. The van der Waals surface area contributed by atoms with Crippen LogP contribution in [0.15, 0.2) is 11.6 Å². The van der Waals surface area contributed by atoms with Gasteiger partial charge in [-0.15, -0.1) is 0 Å². The molecule has 1 fully saturated rings. The Balaban J connectivity index is 2.28. The lowest BCUT2D eigenvalue weighted by Gasteiger charge is -2.05. The average molecular weight is 184 g/mol. The van der Waals surface area contributed by atoms with Crippen molar-refractivity contribution >= 4 is 0 Å². The Bertz CT molecular complexity index is 204. The highest BCUT2D eigenvalue weighted by Gasteiger charge is 2.53. The van der Waals surface area contributed by atoms with E-state index in [9.17, 15) is 5.11 Å². The van der Waals surface area contributed by atoms with Gasteiger partial charge in [-0.25, -0.2) is 0 Å². The third-order valence-electron chi connectivity index (χ3n) is 2.57. The maximum atomic E-state index is 9.30. The van der Waals surface area contributed by atoms with Gasteiger partial charge in [-0.05, 0) is 40.5 Å². The predicted octanol–water partition coefficient (Wildman–Crippen LogP) is 2.27. The van der Waals surface area contributed by atoms with E-state index in [-0.39, 0.29) is 17.8 Å². The van der Waals surface area contributed by atoms with Crippen LogP contribution >= 0.6 is 0 Å². The van der Waals surface area contributed by atoms with Crippen LogP contribution in [0, 0.1) is 0 Å². The van der Waals surface area contributed by atoms with Gasteiger partial charge >= 0.3 is 0 Å². The molecule has 13 heavy (non-hydrogen) atoms. The van der Waals surface area contributed by atoms with E-state index in [2.05, 4.69) is 26.8 Å². The van der Waals surface area contributed by atoms with Crippen molar-refractivity contribution in [2.75, 3.05) is 0 Å². The number of ether oxygens (including phenoxy) is 1. The standard InChI is InChI=1S/C11H20O2/c1-8(2)6-5-7-11(4)10(13-11)9(3)12/h6,9-10,12H,5,7H2,1-4H3/t9-,10-,11-/m1/s1. The quantitative estimate of drug-likeness (QED) is 0.537. The number of rotatable bonds is 4. The number of allylic oxidation sites excluding steroid dienone is 2. The van der Waals surface area contributed by atoms with E-state index in [4.69, 9.17) is 4.74 Å². The third-order valence-corrected chi connectivity index (χ3v) is 2.57. The molecule has 0 bridgehead atoms. The van der Waals surface area contributed by atoms with Crippen molar-refractivity contribution in [1.29, 1.82) is 0 Å². The zero-order valence-corrected chi connectivity index (χ0v) is 9.00. The largest absolute Gasteiger partial charge is 0.391 e. The Hall–Kier alpha value is -0.340. The lowest BCUT2D eigenvalue weighted by molar-refractivity contribution is 0.152. The molecule has 3 atom stereocenters. The minimum absolute atomic E-state index is 0.0538. The van der Waals surface area contributed by atoms with Crippen LogP contribution in [0.2, 0.25) is 0 Å². The van der Waals surface area contributed by atoms with E-state index in [1.807, 2.05) is 0 Å². The second-order valence-electron chi connectivity index (χ2n) is 4.41. The molecule has 0 aromatic carbocycles. The minimum Gasteiger partial charge on any atom is -0.391 e. The SMILES string of the molecule is CC(C)=CCC[C@@]1(C)O[C@@H]1[C@@H](C)O. The maximum Gasteiger partial charge on any atom is 0.113 e. The van der Waals surface area contributed by atoms with Gasteiger partial charge in [0, 0.05) is 0 Å². The lowest BCUT2D eigenvalue weighted by Crippen LogP contribution is -2.19. The maximum absolute atomic E-state index is 9.30. The Labute approximate surface area is 80.6 Å². The smallest absolute Gasteiger partial charge is 0.113 e. The Morgan fingerprint density at radius 3 is 2.62 bits per heavy atom. The van der Waals surface area contributed by atoms with Crippen LogP contribution in [0.1, 0.15) is 40.5 Å². The molecule has 1 saturated heterocycles. The minimum atomic E-state index is -0.336. The molecule has 1 N–H and O–H groups in total. The molecule has 0 aromatic heterocycles. The van der Waals surface area contributed by atoms with Crippen molar-refractivity contribution in [2.24, 2.45) is 0 Å². The third kappa shape index (κ3) is 2.82. The van der Waals surface area contributed by atoms with E-state index in [1.54, 1.807) is 6.92 Å². The fourth-order valence-electron chi connectivity index (χ4n) is 1.71. The molecule has 0 unspecified atom stereocenters. The number of epoxide rings is 1. The van der Waals surface area contributed by atoms with Crippen LogP contribution in [0.4, 0.5) is 0 Å². The molecule has 1 aliphatic heterocycles. The normalized spacial score (nSPS) is 34.1. The van der Waals surface area contributed by atoms with E-state index in [0.717, 1.165) is 12.8 Å². The second kappa shape index (κ2) is 3.81. The molecule has 0 spiro atoms. The van der Waals surface area contributed by atoms with Gasteiger partial charge in [0.15, 0.2) is 0 Å². The number of aliphatic hydroxyl groups is 1. The summed E-state index contributed by atoms with van der Waals surface area (Å²) in [6, 6.07) is 0. The summed E-state index contributed by atoms with van der Waals surface area (Å²) in [5.74, 6) is 0. The molecule has 1 aliphatic rings. The van der Waals surface area contributed by atoms with E-state index < -0.39 is 0 Å². The summed E-state index contributed by atoms with van der Waals surface area (Å²) in [5, 5.41) is 9.30. The summed E-state index contributed by atoms with van der Waals surface area (Å²) in [6.45, 7) is 8.06. The Kier molecular flexibility index (Phi) is 3.14. The Morgan fingerprint density at radius 2 is 2.23 bits per heavy atom. The fourth-order valence-corrected chi connectivity index (χ4v) is 1.71. The predicted molar refractivity (Wildman–Crippen MR) is 53.6 cm³/mol. The summed E-state index contributed by atoms with van der Waals surface area (Å²) in [7, 11) is 0. The van der Waals surface area contributed by atoms with Crippen molar-refractivity contribution in [3.63, 3.8) is 0 Å². The van der Waals surface area contributed by atoms with Gasteiger partial charge in [0.2, 0.25) is 0 Å². The topological polar surface area (TPSA) is 32.8 Å². The van der Waals surface area contributed by atoms with Crippen molar-refractivity contribution in [1.82, 2.24) is 0 Å². The monoisotopic (exact) mass is 184 g/mol. The molecule has 0 aromatic rings. The number of hydrogen-bond donors (Lipinski definition) is 1. The van der Waals surface area contributed by atoms with Crippen LogP contribution in [-0.4, -0.2) is 22.9 Å². The zero-order valence-electron chi connectivity index (χ0n) is 9.00. The molecule has 1 heterocycles. The summed E-state index contributed by atoms with van der Waals surface area (Å²) >= 11 is 0.